The lowest BCUT2D eigenvalue weighted by Crippen LogP contribution is -2.36. The fourth-order valence-corrected chi connectivity index (χ4v) is 2.82. The Bertz CT molecular complexity index is 324. The molecule has 1 aliphatic heterocycles. The van der Waals surface area contributed by atoms with E-state index in [0.29, 0.717) is 0 Å². The van der Waals surface area contributed by atoms with Crippen LogP contribution in [0.5, 0.6) is 0 Å². The van der Waals surface area contributed by atoms with Gasteiger partial charge in [-0.05, 0) is 19.1 Å². The summed E-state index contributed by atoms with van der Waals surface area (Å²) in [5, 5.41) is 3.44. The molecule has 88 valence electrons. The van der Waals surface area contributed by atoms with Crippen LogP contribution >= 0.6 is 11.8 Å². The van der Waals surface area contributed by atoms with Crippen LogP contribution in [0, 0.1) is 6.92 Å². The summed E-state index contributed by atoms with van der Waals surface area (Å²) in [6.07, 6.45) is 1.86. The molecule has 0 saturated carbocycles. The third-order valence-corrected chi connectivity index (χ3v) is 3.70. The van der Waals surface area contributed by atoms with E-state index in [4.69, 9.17) is 0 Å². The second kappa shape index (κ2) is 6.11. The van der Waals surface area contributed by atoms with Crippen molar-refractivity contribution in [2.75, 3.05) is 43.0 Å². The number of nitrogens with zero attached hydrogens (tertiary/aromatic N) is 2. The molecule has 0 spiro atoms. The fourth-order valence-electron chi connectivity index (χ4n) is 1.84. The lowest BCUT2D eigenvalue weighted by molar-refractivity contribution is 0.314. The molecule has 0 bridgehead atoms. The Morgan fingerprint density at radius 3 is 3.00 bits per heavy atom. The molecule has 1 saturated heterocycles. The summed E-state index contributed by atoms with van der Waals surface area (Å²) in [7, 11) is 0. The summed E-state index contributed by atoms with van der Waals surface area (Å²) in [6, 6.07) is 4.12. The van der Waals surface area contributed by atoms with Crippen LogP contribution in [0.1, 0.15) is 5.69 Å². The number of nitrogens with one attached hydrogen (secondary N) is 1. The molecular formula is C12H19N3S. The third-order valence-electron chi connectivity index (χ3n) is 2.76. The van der Waals surface area contributed by atoms with E-state index >= 15 is 0 Å². The monoisotopic (exact) mass is 237 g/mol. The minimum absolute atomic E-state index is 1.02. The summed E-state index contributed by atoms with van der Waals surface area (Å²) in [6.45, 7) is 6.66. The van der Waals surface area contributed by atoms with E-state index in [-0.39, 0.29) is 0 Å². The van der Waals surface area contributed by atoms with Crippen molar-refractivity contribution in [3.05, 3.63) is 24.0 Å². The molecule has 0 unspecified atom stereocenters. The van der Waals surface area contributed by atoms with Gasteiger partial charge in [0.15, 0.2) is 0 Å². The lowest BCUT2D eigenvalue weighted by Gasteiger charge is -2.26. The van der Waals surface area contributed by atoms with Gasteiger partial charge in [-0.15, -0.1) is 0 Å². The molecule has 2 rings (SSSR count). The molecule has 3 nitrogen and oxygen atoms in total. The maximum absolute atomic E-state index is 4.18. The highest BCUT2D eigenvalue weighted by atomic mass is 32.2. The van der Waals surface area contributed by atoms with E-state index in [1.807, 2.05) is 19.2 Å². The highest BCUT2D eigenvalue weighted by molar-refractivity contribution is 7.99. The molecule has 1 fully saturated rings. The number of hydrogen-bond donors (Lipinski definition) is 1. The van der Waals surface area contributed by atoms with Crippen LogP contribution in [0.3, 0.4) is 0 Å². The van der Waals surface area contributed by atoms with Crippen molar-refractivity contribution < 1.29 is 0 Å². The third kappa shape index (κ3) is 3.68. The second-order valence-corrected chi connectivity index (χ2v) is 5.29. The molecule has 2 heterocycles. The van der Waals surface area contributed by atoms with Gasteiger partial charge in [0.2, 0.25) is 0 Å². The standard InChI is InChI=1S/C12H19N3S/c1-11-10-12(2-3-13-11)14-4-5-15-6-8-16-9-7-15/h2-3,10H,4-9H2,1H3,(H,13,14). The van der Waals surface area contributed by atoms with Crippen molar-refractivity contribution in [2.24, 2.45) is 0 Å². The largest absolute Gasteiger partial charge is 0.384 e. The van der Waals surface area contributed by atoms with Gasteiger partial charge in [-0.3, -0.25) is 9.88 Å². The summed E-state index contributed by atoms with van der Waals surface area (Å²) >= 11 is 2.06. The zero-order chi connectivity index (χ0) is 11.2. The highest BCUT2D eigenvalue weighted by Gasteiger charge is 2.08. The van der Waals surface area contributed by atoms with Gasteiger partial charge >= 0.3 is 0 Å². The average molecular weight is 237 g/mol. The number of thioether (sulfide) groups is 1. The molecule has 1 N–H and O–H groups in total. The molecule has 0 radical (unpaired) electrons. The molecule has 1 aliphatic rings. The first-order valence-corrected chi connectivity index (χ1v) is 6.97. The van der Waals surface area contributed by atoms with Gasteiger partial charge in [0.05, 0.1) is 0 Å². The van der Waals surface area contributed by atoms with Gasteiger partial charge in [-0.2, -0.15) is 11.8 Å². The Hall–Kier alpha value is -0.740. The lowest BCUT2D eigenvalue weighted by atomic mass is 10.3. The van der Waals surface area contributed by atoms with Gasteiger partial charge in [-0.25, -0.2) is 0 Å². The minimum atomic E-state index is 1.02. The molecule has 16 heavy (non-hydrogen) atoms. The fraction of sp³-hybridized carbons (Fsp3) is 0.583. The topological polar surface area (TPSA) is 28.2 Å². The normalized spacial score (nSPS) is 17.3. The molecular weight excluding hydrogens is 218 g/mol. The smallest absolute Gasteiger partial charge is 0.0393 e. The summed E-state index contributed by atoms with van der Waals surface area (Å²) in [5.74, 6) is 2.57. The number of aromatic nitrogens is 1. The van der Waals surface area contributed by atoms with E-state index < -0.39 is 0 Å². The van der Waals surface area contributed by atoms with E-state index in [0.717, 1.165) is 18.8 Å². The van der Waals surface area contributed by atoms with Crippen molar-refractivity contribution in [3.63, 3.8) is 0 Å². The number of rotatable bonds is 4. The van der Waals surface area contributed by atoms with Crippen molar-refractivity contribution in [3.8, 4) is 0 Å². The van der Waals surface area contributed by atoms with Crippen LogP contribution in [0.4, 0.5) is 5.69 Å². The Labute approximate surface area is 102 Å². The summed E-state index contributed by atoms with van der Waals surface area (Å²) < 4.78 is 0. The second-order valence-electron chi connectivity index (χ2n) is 4.07. The Balaban J connectivity index is 1.71. The van der Waals surface area contributed by atoms with E-state index in [1.54, 1.807) is 0 Å². The molecule has 0 atom stereocenters. The van der Waals surface area contributed by atoms with Gasteiger partial charge in [0.25, 0.3) is 0 Å². The van der Waals surface area contributed by atoms with Gasteiger partial charge in [-0.1, -0.05) is 0 Å². The Morgan fingerprint density at radius 1 is 1.44 bits per heavy atom. The number of anilines is 1. The first-order valence-electron chi connectivity index (χ1n) is 5.81. The maximum atomic E-state index is 4.18. The van der Waals surface area contributed by atoms with Crippen molar-refractivity contribution in [1.29, 1.82) is 0 Å². The zero-order valence-corrected chi connectivity index (χ0v) is 10.6. The van der Waals surface area contributed by atoms with Gasteiger partial charge in [0, 0.05) is 55.3 Å². The average Bonchev–Trinajstić information content (AvgIpc) is 2.30. The zero-order valence-electron chi connectivity index (χ0n) is 9.78. The highest BCUT2D eigenvalue weighted by Crippen LogP contribution is 2.09. The van der Waals surface area contributed by atoms with Crippen LogP contribution in [0.15, 0.2) is 18.3 Å². The molecule has 1 aromatic heterocycles. The van der Waals surface area contributed by atoms with E-state index in [1.165, 1.54) is 30.3 Å². The van der Waals surface area contributed by atoms with Crippen molar-refractivity contribution in [2.45, 2.75) is 6.92 Å². The van der Waals surface area contributed by atoms with Crippen molar-refractivity contribution >= 4 is 17.4 Å². The first-order chi connectivity index (χ1) is 7.84. The molecule has 0 aliphatic carbocycles. The SMILES string of the molecule is Cc1cc(NCCN2CCSCC2)ccn1. The molecule has 0 aromatic carbocycles. The molecule has 0 amide bonds. The van der Waals surface area contributed by atoms with E-state index in [9.17, 15) is 0 Å². The predicted octanol–water partition coefficient (Wildman–Crippen LogP) is 1.85. The predicted molar refractivity (Wildman–Crippen MR) is 71.2 cm³/mol. The Kier molecular flexibility index (Phi) is 4.48. The molecule has 4 heteroatoms. The van der Waals surface area contributed by atoms with Gasteiger partial charge < -0.3 is 5.32 Å². The van der Waals surface area contributed by atoms with Crippen LogP contribution in [0.25, 0.3) is 0 Å². The van der Waals surface area contributed by atoms with Crippen molar-refractivity contribution in [1.82, 2.24) is 9.88 Å². The minimum Gasteiger partial charge on any atom is -0.384 e. The number of pyridine rings is 1. The van der Waals surface area contributed by atoms with Crippen LogP contribution in [-0.4, -0.2) is 47.6 Å². The number of aryl methyl sites for hydroxylation is 1. The summed E-state index contributed by atoms with van der Waals surface area (Å²) in [4.78, 5) is 6.71. The Morgan fingerprint density at radius 2 is 2.25 bits per heavy atom. The quantitative estimate of drug-likeness (QED) is 0.865. The van der Waals surface area contributed by atoms with Crippen LogP contribution < -0.4 is 5.32 Å². The molecule has 1 aromatic rings. The summed E-state index contributed by atoms with van der Waals surface area (Å²) in [5.41, 5.74) is 2.25. The van der Waals surface area contributed by atoms with Crippen LogP contribution in [0.2, 0.25) is 0 Å². The van der Waals surface area contributed by atoms with E-state index in [2.05, 4.69) is 33.0 Å². The number of hydrogen-bond acceptors (Lipinski definition) is 4. The van der Waals surface area contributed by atoms with Gasteiger partial charge in [0.1, 0.15) is 0 Å². The van der Waals surface area contributed by atoms with Crippen LogP contribution in [-0.2, 0) is 0 Å². The maximum Gasteiger partial charge on any atom is 0.0393 e. The first kappa shape index (κ1) is 11.7.